The molecule has 0 spiro atoms. The number of aromatic nitrogens is 2. The molecule has 1 N–H and O–H groups in total. The molecule has 3 aliphatic rings. The molecular formula is C20H30N4O3. The molecule has 1 aliphatic heterocycles. The molecule has 1 amide bonds. The molecule has 1 saturated heterocycles. The average molecular weight is 374 g/mol. The van der Waals surface area contributed by atoms with Gasteiger partial charge < -0.3 is 19.7 Å². The second kappa shape index (κ2) is 8.52. The van der Waals surface area contributed by atoms with Crippen LogP contribution in [0.2, 0.25) is 0 Å². The summed E-state index contributed by atoms with van der Waals surface area (Å²) in [4.78, 5) is 24.4. The lowest BCUT2D eigenvalue weighted by Crippen LogP contribution is -2.39. The maximum atomic E-state index is 12.8. The minimum Gasteiger partial charge on any atom is -0.381 e. The van der Waals surface area contributed by atoms with E-state index in [1.54, 1.807) is 7.11 Å². The Hall–Kier alpha value is -1.73. The molecule has 1 saturated carbocycles. The molecule has 148 valence electrons. The van der Waals surface area contributed by atoms with Gasteiger partial charge in [0.05, 0.1) is 31.1 Å². The van der Waals surface area contributed by atoms with Crippen LogP contribution in [0, 0.1) is 5.92 Å². The number of hydrogen-bond donors (Lipinski definition) is 1. The topological polar surface area (TPSA) is 76.6 Å². The van der Waals surface area contributed by atoms with Crippen molar-refractivity contribution in [2.45, 2.75) is 57.1 Å². The highest BCUT2D eigenvalue weighted by molar-refractivity contribution is 5.79. The number of carbonyl (C=O) groups excluding carboxylic acids is 1. The van der Waals surface area contributed by atoms with E-state index in [-0.39, 0.29) is 24.0 Å². The van der Waals surface area contributed by atoms with Gasteiger partial charge in [0.15, 0.2) is 0 Å². The molecule has 0 unspecified atom stereocenters. The van der Waals surface area contributed by atoms with E-state index >= 15 is 0 Å². The zero-order chi connectivity index (χ0) is 18.6. The highest BCUT2D eigenvalue weighted by Crippen LogP contribution is 2.31. The van der Waals surface area contributed by atoms with Crippen molar-refractivity contribution < 1.29 is 14.3 Å². The Balaban J connectivity index is 1.44. The van der Waals surface area contributed by atoms with Crippen LogP contribution in [-0.2, 0) is 20.7 Å². The SMILES string of the molecule is CO[C@@H]1CCC[C@H](C(=O)N[C@@H]2CCCc3nc(N4CCOCC4)ncc32)C1. The standard InChI is InChI=1S/C20H30N4O3/c1-26-15-5-2-4-14(12-15)19(25)22-17-6-3-7-18-16(17)13-21-20(23-18)24-8-10-27-11-9-24/h13-15,17H,2-12H2,1H3,(H,22,25)/t14-,15+,17+/m0/s1. The summed E-state index contributed by atoms with van der Waals surface area (Å²) in [5, 5.41) is 3.28. The number of anilines is 1. The monoisotopic (exact) mass is 374 g/mol. The minimum atomic E-state index is 0.0305. The maximum absolute atomic E-state index is 12.8. The lowest BCUT2D eigenvalue weighted by atomic mass is 9.85. The molecular weight excluding hydrogens is 344 g/mol. The summed E-state index contributed by atoms with van der Waals surface area (Å²) in [7, 11) is 1.74. The molecule has 1 aromatic rings. The molecule has 3 atom stereocenters. The Bertz CT molecular complexity index is 663. The van der Waals surface area contributed by atoms with Crippen molar-refractivity contribution in [2.75, 3.05) is 38.3 Å². The molecule has 27 heavy (non-hydrogen) atoms. The lowest BCUT2D eigenvalue weighted by molar-refractivity contribution is -0.128. The van der Waals surface area contributed by atoms with Gasteiger partial charge in [-0.15, -0.1) is 0 Å². The Morgan fingerprint density at radius 1 is 1.26 bits per heavy atom. The summed E-state index contributed by atoms with van der Waals surface area (Å²) in [5.74, 6) is 1.01. The van der Waals surface area contributed by atoms with Crippen LogP contribution in [0.15, 0.2) is 6.20 Å². The number of nitrogens with one attached hydrogen (secondary N) is 1. The van der Waals surface area contributed by atoms with E-state index < -0.39 is 0 Å². The number of morpholine rings is 1. The van der Waals surface area contributed by atoms with Gasteiger partial charge in [0.1, 0.15) is 0 Å². The van der Waals surface area contributed by atoms with Gasteiger partial charge in [0.2, 0.25) is 11.9 Å². The molecule has 7 heteroatoms. The molecule has 0 bridgehead atoms. The van der Waals surface area contributed by atoms with E-state index in [2.05, 4.69) is 15.2 Å². The number of fused-ring (bicyclic) bond motifs is 1. The van der Waals surface area contributed by atoms with Gasteiger partial charge in [0, 0.05) is 37.9 Å². The molecule has 4 rings (SSSR count). The summed E-state index contributed by atoms with van der Waals surface area (Å²) < 4.78 is 10.9. The van der Waals surface area contributed by atoms with Crippen molar-refractivity contribution >= 4 is 11.9 Å². The molecule has 7 nitrogen and oxygen atoms in total. The first-order valence-electron chi connectivity index (χ1n) is 10.3. The van der Waals surface area contributed by atoms with Gasteiger partial charge in [-0.3, -0.25) is 4.79 Å². The van der Waals surface area contributed by atoms with Gasteiger partial charge in [-0.1, -0.05) is 6.42 Å². The summed E-state index contributed by atoms with van der Waals surface area (Å²) in [6, 6.07) is 0.0305. The van der Waals surface area contributed by atoms with Crippen molar-refractivity contribution in [3.8, 4) is 0 Å². The van der Waals surface area contributed by atoms with Crippen LogP contribution in [0.4, 0.5) is 5.95 Å². The first-order valence-corrected chi connectivity index (χ1v) is 10.3. The van der Waals surface area contributed by atoms with Crippen LogP contribution in [0.1, 0.15) is 55.8 Å². The number of amides is 1. The van der Waals surface area contributed by atoms with Crippen LogP contribution in [-0.4, -0.2) is 55.4 Å². The fourth-order valence-electron chi connectivity index (χ4n) is 4.49. The van der Waals surface area contributed by atoms with E-state index in [0.29, 0.717) is 0 Å². The quantitative estimate of drug-likeness (QED) is 0.869. The summed E-state index contributed by atoms with van der Waals surface area (Å²) in [5.41, 5.74) is 2.17. The number of nitrogens with zero attached hydrogens (tertiary/aromatic N) is 3. The zero-order valence-electron chi connectivity index (χ0n) is 16.2. The van der Waals surface area contributed by atoms with E-state index in [1.807, 2.05) is 6.20 Å². The first-order chi connectivity index (χ1) is 13.2. The van der Waals surface area contributed by atoms with Crippen molar-refractivity contribution in [2.24, 2.45) is 5.92 Å². The zero-order valence-corrected chi connectivity index (χ0v) is 16.2. The van der Waals surface area contributed by atoms with Gasteiger partial charge in [-0.05, 0) is 38.5 Å². The average Bonchev–Trinajstić information content (AvgIpc) is 2.74. The van der Waals surface area contributed by atoms with Crippen LogP contribution < -0.4 is 10.2 Å². The normalized spacial score (nSPS) is 28.5. The van der Waals surface area contributed by atoms with Crippen LogP contribution in [0.5, 0.6) is 0 Å². The Morgan fingerprint density at radius 2 is 2.11 bits per heavy atom. The Kier molecular flexibility index (Phi) is 5.88. The number of hydrogen-bond acceptors (Lipinski definition) is 6. The minimum absolute atomic E-state index is 0.0305. The number of aryl methyl sites for hydroxylation is 1. The van der Waals surface area contributed by atoms with E-state index in [4.69, 9.17) is 14.5 Å². The highest BCUT2D eigenvalue weighted by Gasteiger charge is 2.31. The van der Waals surface area contributed by atoms with Crippen molar-refractivity contribution in [3.05, 3.63) is 17.5 Å². The van der Waals surface area contributed by atoms with Crippen LogP contribution in [0.3, 0.4) is 0 Å². The fraction of sp³-hybridized carbons (Fsp3) is 0.750. The summed E-state index contributed by atoms with van der Waals surface area (Å²) in [6.45, 7) is 3.12. The number of carbonyl (C=O) groups is 1. The number of methoxy groups -OCH3 is 1. The summed E-state index contributed by atoms with van der Waals surface area (Å²) >= 11 is 0. The molecule has 0 aromatic carbocycles. The van der Waals surface area contributed by atoms with E-state index in [0.717, 1.165) is 88.5 Å². The fourth-order valence-corrected chi connectivity index (χ4v) is 4.49. The van der Waals surface area contributed by atoms with Crippen molar-refractivity contribution in [1.29, 1.82) is 0 Å². The number of rotatable bonds is 4. The second-order valence-electron chi connectivity index (χ2n) is 7.85. The molecule has 1 aromatic heterocycles. The number of ether oxygens (including phenoxy) is 2. The van der Waals surface area contributed by atoms with Gasteiger partial charge in [-0.2, -0.15) is 0 Å². The molecule has 2 aliphatic carbocycles. The van der Waals surface area contributed by atoms with E-state index in [9.17, 15) is 4.79 Å². The third-order valence-electron chi connectivity index (χ3n) is 6.11. The smallest absolute Gasteiger partial charge is 0.225 e. The second-order valence-corrected chi connectivity index (χ2v) is 7.85. The molecule has 0 radical (unpaired) electrons. The molecule has 2 heterocycles. The van der Waals surface area contributed by atoms with Gasteiger partial charge in [-0.25, -0.2) is 9.97 Å². The van der Waals surface area contributed by atoms with Crippen LogP contribution in [0.25, 0.3) is 0 Å². The molecule has 2 fully saturated rings. The maximum Gasteiger partial charge on any atom is 0.225 e. The first kappa shape index (κ1) is 18.6. The third kappa shape index (κ3) is 4.24. The third-order valence-corrected chi connectivity index (χ3v) is 6.11. The largest absolute Gasteiger partial charge is 0.381 e. The predicted molar refractivity (Wildman–Crippen MR) is 102 cm³/mol. The Morgan fingerprint density at radius 3 is 2.93 bits per heavy atom. The van der Waals surface area contributed by atoms with Gasteiger partial charge in [0.25, 0.3) is 0 Å². The van der Waals surface area contributed by atoms with Crippen molar-refractivity contribution in [3.63, 3.8) is 0 Å². The predicted octanol–water partition coefficient (Wildman–Crippen LogP) is 2.01. The van der Waals surface area contributed by atoms with Crippen molar-refractivity contribution in [1.82, 2.24) is 15.3 Å². The Labute approximate surface area is 160 Å². The summed E-state index contributed by atoms with van der Waals surface area (Å²) in [6.07, 6.45) is 9.00. The van der Waals surface area contributed by atoms with Gasteiger partial charge >= 0.3 is 0 Å². The van der Waals surface area contributed by atoms with Crippen LogP contribution >= 0.6 is 0 Å². The highest BCUT2D eigenvalue weighted by atomic mass is 16.5. The van der Waals surface area contributed by atoms with E-state index in [1.165, 1.54) is 0 Å². The lowest BCUT2D eigenvalue weighted by Gasteiger charge is -2.32.